The Morgan fingerprint density at radius 1 is 1.17 bits per heavy atom. The van der Waals surface area contributed by atoms with Crippen LogP contribution in [0.25, 0.3) is 33.4 Å². The molecule has 5 amide bonds. The number of pyridine rings is 1. The maximum atomic E-state index is 14.8. The van der Waals surface area contributed by atoms with Crippen LogP contribution in [-0.4, -0.2) is 147 Å². The lowest BCUT2D eigenvalue weighted by atomic mass is 9.84. The number of thiazole rings is 1. The summed E-state index contributed by atoms with van der Waals surface area (Å²) in [4.78, 5) is 85.2. The number of piperidine rings is 1. The summed E-state index contributed by atoms with van der Waals surface area (Å²) >= 11 is 1.39. The number of cyclic esters (lactones) is 1. The highest BCUT2D eigenvalue weighted by Crippen LogP contribution is 2.42. The number of likely N-dealkylation sites (tertiary alicyclic amines) is 1. The Labute approximate surface area is 421 Å². The number of aliphatic hydroxyl groups excluding tert-OH is 1. The van der Waals surface area contributed by atoms with Crippen LogP contribution >= 0.6 is 11.3 Å². The van der Waals surface area contributed by atoms with E-state index in [0.29, 0.717) is 50.3 Å². The summed E-state index contributed by atoms with van der Waals surface area (Å²) in [6, 6.07) is 6.53. The number of hydrogen-bond acceptors (Lipinski definition) is 12. The first-order chi connectivity index (χ1) is 33.9. The van der Waals surface area contributed by atoms with Gasteiger partial charge >= 0.3 is 12.0 Å². The lowest BCUT2D eigenvalue weighted by Crippen LogP contribution is -2.63. The summed E-state index contributed by atoms with van der Waals surface area (Å²) < 4.78 is 14.3. The van der Waals surface area contributed by atoms with Gasteiger partial charge in [-0.2, -0.15) is 0 Å². The van der Waals surface area contributed by atoms with Gasteiger partial charge in [0.15, 0.2) is 0 Å². The standard InChI is InChI=1S/C53H71N9O8S/c1-11-34-20-23-59(29-43(34)61(24-25-63)45(64)12-2)52(68)58(9)47(32(4)5)49(65)56-40-27-44-55-41(30-71-44)35-18-19-42-37(26-35)38(48(60(42)13-3)36-16-14-21-54-46(36)33(6)69-10)28-53(7,8)31-70-51(67)39-17-15-22-62(57-39)50(40)66/h11-12,14,16,18-19,21,26,30,32-33,39-40,43,47,57,63H,2,13,15,17,20,22-25,27-29,31H2,1,3-10H3,(H,56,65)/b34-11-/t33-,39-,40-,43-,47?/m0/s1. The molecule has 18 heteroatoms. The molecule has 2 saturated heterocycles. The summed E-state index contributed by atoms with van der Waals surface area (Å²) in [7, 11) is 3.25. The zero-order valence-corrected chi connectivity index (χ0v) is 43.5. The van der Waals surface area contributed by atoms with Crippen molar-refractivity contribution in [2.45, 2.75) is 117 Å². The number of fused-ring (bicyclic) bond motifs is 6. The lowest BCUT2D eigenvalue weighted by molar-refractivity contribution is -0.155. The second-order valence-corrected chi connectivity index (χ2v) is 20.8. The average molecular weight is 994 g/mol. The van der Waals surface area contributed by atoms with Crippen molar-refractivity contribution in [1.29, 1.82) is 0 Å². The molecule has 3 aliphatic heterocycles. The van der Waals surface area contributed by atoms with E-state index in [9.17, 15) is 29.1 Å². The molecule has 71 heavy (non-hydrogen) atoms. The third-order valence-electron chi connectivity index (χ3n) is 14.1. The zero-order valence-electron chi connectivity index (χ0n) is 42.7. The number of aliphatic hydroxyl groups is 1. The summed E-state index contributed by atoms with van der Waals surface area (Å²) in [5, 5.41) is 17.9. The van der Waals surface area contributed by atoms with Crippen molar-refractivity contribution in [2.75, 3.05) is 53.6 Å². The molecule has 5 atom stereocenters. The number of carbonyl (C=O) groups is 5. The third-order valence-corrected chi connectivity index (χ3v) is 15.0. The Bertz CT molecular complexity index is 2660. The second kappa shape index (κ2) is 22.6. The first kappa shape index (κ1) is 52.9. The van der Waals surface area contributed by atoms with Gasteiger partial charge in [0.1, 0.15) is 18.1 Å². The van der Waals surface area contributed by atoms with Crippen LogP contribution in [0.2, 0.25) is 0 Å². The predicted octanol–water partition coefficient (Wildman–Crippen LogP) is 6.31. The number of rotatable bonds is 12. The fourth-order valence-electron chi connectivity index (χ4n) is 10.4. The van der Waals surface area contributed by atoms with Gasteiger partial charge in [-0.3, -0.25) is 29.2 Å². The number of methoxy groups -OCH3 is 1. The van der Waals surface area contributed by atoms with E-state index in [1.807, 2.05) is 45.2 Å². The molecule has 1 unspecified atom stereocenters. The van der Waals surface area contributed by atoms with E-state index in [0.717, 1.165) is 50.2 Å². The fraction of sp³-hybridized carbons (Fsp3) is 0.528. The smallest absolute Gasteiger partial charge is 0.324 e. The van der Waals surface area contributed by atoms with Gasteiger partial charge in [0, 0.05) is 92.3 Å². The molecule has 382 valence electrons. The Morgan fingerprint density at radius 2 is 1.94 bits per heavy atom. The molecule has 0 saturated carbocycles. The molecule has 3 N–H and O–H groups in total. The summed E-state index contributed by atoms with van der Waals surface area (Å²) in [5.41, 5.74) is 10.1. The van der Waals surface area contributed by atoms with Crippen LogP contribution < -0.4 is 10.7 Å². The molecule has 1 aromatic carbocycles. The lowest BCUT2D eigenvalue weighted by Gasteiger charge is -2.43. The normalized spacial score (nSPS) is 21.1. The van der Waals surface area contributed by atoms with E-state index in [1.54, 1.807) is 25.3 Å². The Hall–Kier alpha value is -5.95. The van der Waals surface area contributed by atoms with Gasteiger partial charge in [-0.25, -0.2) is 15.2 Å². The van der Waals surface area contributed by atoms with Gasteiger partial charge in [0.2, 0.25) is 11.8 Å². The molecule has 6 heterocycles. The highest BCUT2D eigenvalue weighted by Gasteiger charge is 2.40. The van der Waals surface area contributed by atoms with Crippen LogP contribution in [0.1, 0.15) is 90.1 Å². The number of aromatic nitrogens is 3. The molecule has 2 fully saturated rings. The number of hydrogen-bond donors (Lipinski definition) is 3. The van der Waals surface area contributed by atoms with Gasteiger partial charge in [-0.1, -0.05) is 46.4 Å². The number of amides is 5. The van der Waals surface area contributed by atoms with Crippen molar-refractivity contribution in [3.63, 3.8) is 0 Å². The molecule has 0 spiro atoms. The molecule has 3 aromatic heterocycles. The first-order valence-electron chi connectivity index (χ1n) is 24.8. The van der Waals surface area contributed by atoms with E-state index in [2.05, 4.69) is 66.9 Å². The van der Waals surface area contributed by atoms with E-state index < -0.39 is 53.4 Å². The monoisotopic (exact) mass is 994 g/mol. The Kier molecular flexibility index (Phi) is 16.9. The third kappa shape index (κ3) is 11.3. The minimum Gasteiger partial charge on any atom is -0.464 e. The number of aryl methyl sites for hydroxylation is 1. The average Bonchev–Trinajstić information content (AvgIpc) is 3.96. The maximum absolute atomic E-state index is 14.8. The minimum absolute atomic E-state index is 0.0441. The molecule has 7 rings (SSSR count). The first-order valence-corrected chi connectivity index (χ1v) is 25.7. The predicted molar refractivity (Wildman–Crippen MR) is 274 cm³/mol. The highest BCUT2D eigenvalue weighted by molar-refractivity contribution is 7.10. The minimum atomic E-state index is -1.13. The largest absolute Gasteiger partial charge is 0.464 e. The molecule has 0 aliphatic carbocycles. The Morgan fingerprint density at radius 3 is 2.63 bits per heavy atom. The van der Waals surface area contributed by atoms with Gasteiger partial charge < -0.3 is 39.2 Å². The zero-order chi connectivity index (χ0) is 51.3. The molecule has 17 nitrogen and oxygen atoms in total. The van der Waals surface area contributed by atoms with E-state index in [1.165, 1.54) is 32.2 Å². The maximum Gasteiger partial charge on any atom is 0.324 e. The summed E-state index contributed by atoms with van der Waals surface area (Å²) in [6.45, 7) is 18.9. The molecular weight excluding hydrogens is 923 g/mol. The Balaban J connectivity index is 1.24. The van der Waals surface area contributed by atoms with Crippen molar-refractivity contribution < 1.29 is 38.6 Å². The van der Waals surface area contributed by atoms with Crippen molar-refractivity contribution in [1.82, 2.24) is 45.0 Å². The van der Waals surface area contributed by atoms with Crippen molar-refractivity contribution in [3.8, 4) is 22.5 Å². The van der Waals surface area contributed by atoms with E-state index in [4.69, 9.17) is 19.4 Å². The number of carbonyl (C=O) groups excluding carboxylic acids is 5. The van der Waals surface area contributed by atoms with Crippen LogP contribution in [0, 0.1) is 11.3 Å². The number of hydrazine groups is 1. The number of nitrogens with zero attached hydrogens (tertiary/aromatic N) is 7. The van der Waals surface area contributed by atoms with E-state index >= 15 is 0 Å². The number of esters is 1. The summed E-state index contributed by atoms with van der Waals surface area (Å²) in [5.74, 6) is -2.19. The molecule has 4 aromatic rings. The van der Waals surface area contributed by atoms with Crippen LogP contribution in [-0.2, 0) is 48.0 Å². The number of ether oxygens (including phenoxy) is 2. The molecule has 3 aliphatic rings. The van der Waals surface area contributed by atoms with Gasteiger partial charge in [0.25, 0.3) is 5.91 Å². The fourth-order valence-corrected chi connectivity index (χ4v) is 11.2. The summed E-state index contributed by atoms with van der Waals surface area (Å²) in [6.07, 6.45) is 6.72. The van der Waals surface area contributed by atoms with Crippen LogP contribution in [0.15, 0.2) is 66.2 Å². The van der Waals surface area contributed by atoms with E-state index in [-0.39, 0.29) is 50.7 Å². The molecule has 6 bridgehead atoms. The van der Waals surface area contributed by atoms with Crippen molar-refractivity contribution in [2.24, 2.45) is 11.3 Å². The SMILES string of the molecule is C=CC(=O)N(CCO)[C@H]1CN(C(=O)N(C)C(C(=O)N[C@H]2Cc3nc(cs3)-c3ccc4c(c3)c(c(-c3cccnc3[C@H](C)OC)n4CC)CC(C)(C)COC(=O)[C@@H]3CCCN(N3)C2=O)C(C)C)CC/C1=C/C. The van der Waals surface area contributed by atoms with Crippen LogP contribution in [0.3, 0.4) is 0 Å². The number of benzene rings is 1. The highest BCUT2D eigenvalue weighted by atomic mass is 32.1. The number of allylic oxidation sites excluding steroid dienone is 1. The van der Waals surface area contributed by atoms with Crippen LogP contribution in [0.5, 0.6) is 0 Å². The molecule has 0 radical (unpaired) electrons. The number of nitrogens with one attached hydrogen (secondary N) is 2. The van der Waals surface area contributed by atoms with Crippen molar-refractivity contribution in [3.05, 3.63) is 82.5 Å². The number of likely N-dealkylation sites (N-methyl/N-ethyl adjacent to an activating group) is 1. The van der Waals surface area contributed by atoms with Crippen LogP contribution in [0.4, 0.5) is 4.79 Å². The quantitative estimate of drug-likeness (QED) is 0.0820. The number of urea groups is 1. The van der Waals surface area contributed by atoms with Crippen molar-refractivity contribution >= 4 is 52.0 Å². The molecular formula is C53H71N9O8S. The van der Waals surface area contributed by atoms with Gasteiger partial charge in [0.05, 0.1) is 47.4 Å². The van der Waals surface area contributed by atoms with Gasteiger partial charge in [-0.05, 0) is 93.9 Å². The van der Waals surface area contributed by atoms with Gasteiger partial charge in [-0.15, -0.1) is 11.3 Å². The topological polar surface area (TPSA) is 192 Å². The second-order valence-electron chi connectivity index (χ2n) is 19.9.